The zero-order valence-electron chi connectivity index (χ0n) is 10.5. The molecule has 3 heteroatoms. The Hall–Kier alpha value is -0.310. The average molecular weight is 405 g/mol. The van der Waals surface area contributed by atoms with Gasteiger partial charge in [-0.05, 0) is 0 Å². The summed E-state index contributed by atoms with van der Waals surface area (Å²) in [5.41, 5.74) is 3.32. The normalized spacial score (nSPS) is 17.3. The molecule has 0 saturated carbocycles. The van der Waals surface area contributed by atoms with E-state index in [0.717, 1.165) is 0 Å². The summed E-state index contributed by atoms with van der Waals surface area (Å²) in [6, 6.07) is 0. The van der Waals surface area contributed by atoms with E-state index >= 15 is 0 Å². The summed E-state index contributed by atoms with van der Waals surface area (Å²) >= 11 is -0.652. The van der Waals surface area contributed by atoms with Gasteiger partial charge in [-0.2, -0.15) is 0 Å². The minimum atomic E-state index is -0.652. The van der Waals surface area contributed by atoms with E-state index in [4.69, 9.17) is 0 Å². The van der Waals surface area contributed by atoms with Crippen molar-refractivity contribution in [2.75, 3.05) is 0 Å². The van der Waals surface area contributed by atoms with E-state index < -0.39 is 22.9 Å². The molecule has 0 saturated heterocycles. The van der Waals surface area contributed by atoms with Gasteiger partial charge in [0.1, 0.15) is 0 Å². The molecule has 0 N–H and O–H groups in total. The minimum absolute atomic E-state index is 0. The summed E-state index contributed by atoms with van der Waals surface area (Å²) in [4.78, 5) is 0. The van der Waals surface area contributed by atoms with E-state index in [1.165, 1.54) is 25.7 Å². The molecule has 2 aliphatic rings. The van der Waals surface area contributed by atoms with Crippen molar-refractivity contribution in [1.82, 2.24) is 0 Å². The molecule has 0 radical (unpaired) electrons. The molecule has 0 bridgehead atoms. The van der Waals surface area contributed by atoms with Crippen LogP contribution in [0.25, 0.3) is 0 Å². The van der Waals surface area contributed by atoms with Crippen LogP contribution in [0, 0.1) is 0 Å². The maximum absolute atomic E-state index is 2.36. The molecule has 0 aromatic carbocycles. The van der Waals surface area contributed by atoms with E-state index in [9.17, 15) is 0 Å². The van der Waals surface area contributed by atoms with Crippen molar-refractivity contribution in [3.63, 3.8) is 0 Å². The zero-order valence-corrected chi connectivity index (χ0v) is 14.0. The van der Waals surface area contributed by atoms with Gasteiger partial charge in [-0.3, -0.25) is 9.41 Å². The first-order chi connectivity index (χ1) is 7.35. The van der Waals surface area contributed by atoms with E-state index in [1.807, 2.05) is 6.66 Å². The molecule has 0 atom stereocenters. The van der Waals surface area contributed by atoms with Crippen LogP contribution in [-0.2, 0) is 22.9 Å². The fourth-order valence-electron chi connectivity index (χ4n) is 2.21. The van der Waals surface area contributed by atoms with Crippen molar-refractivity contribution in [1.29, 1.82) is 0 Å². The van der Waals surface area contributed by atoms with Gasteiger partial charge in [0.2, 0.25) is 0 Å². The second kappa shape index (κ2) is 7.91. The van der Waals surface area contributed by atoms with Gasteiger partial charge >= 0.3 is 105 Å². The van der Waals surface area contributed by atoms with Crippen molar-refractivity contribution < 1.29 is 32.3 Å². The number of halogens is 2. The van der Waals surface area contributed by atoms with Crippen LogP contribution in [0.15, 0.2) is 42.1 Å². The molecule has 0 fully saturated rings. The zero-order chi connectivity index (χ0) is 10.7. The van der Waals surface area contributed by atoms with Crippen LogP contribution in [0.2, 0.25) is 0 Å². The monoisotopic (exact) mass is 406 g/mol. The summed E-state index contributed by atoms with van der Waals surface area (Å²) in [7, 11) is 0. The first kappa shape index (κ1) is 16.7. The molecule has 0 amide bonds. The Bertz CT molecular complexity index is 340. The second-order valence-corrected chi connectivity index (χ2v) is 9.29. The van der Waals surface area contributed by atoms with E-state index in [2.05, 4.69) is 38.2 Å². The van der Waals surface area contributed by atoms with Gasteiger partial charge in [0.25, 0.3) is 0 Å². The smallest absolute Gasteiger partial charge is 0.269 e. The van der Waals surface area contributed by atoms with Gasteiger partial charge in [0.15, 0.2) is 0 Å². The molecule has 17 heavy (non-hydrogen) atoms. The Morgan fingerprint density at radius 1 is 0.882 bits per heavy atom. The van der Waals surface area contributed by atoms with Gasteiger partial charge in [-0.15, -0.1) is 0 Å². The predicted molar refractivity (Wildman–Crippen MR) is 67.2 cm³/mol. The first-order valence-corrected chi connectivity index (χ1v) is 9.48. The third-order valence-corrected chi connectivity index (χ3v) is 9.06. The fraction of sp³-hybridized carbons (Fsp3) is 0.429. The molecule has 94 valence electrons. The van der Waals surface area contributed by atoms with Crippen LogP contribution in [0.1, 0.15) is 39.5 Å². The predicted octanol–water partition coefficient (Wildman–Crippen LogP) is 4.62. The topological polar surface area (TPSA) is 0 Å². The summed E-state index contributed by atoms with van der Waals surface area (Å²) in [5.74, 6) is 0. The molecular weight excluding hydrogens is 385 g/mol. The van der Waals surface area contributed by atoms with Gasteiger partial charge < -0.3 is 0 Å². The van der Waals surface area contributed by atoms with Crippen LogP contribution in [0.4, 0.5) is 9.41 Å². The van der Waals surface area contributed by atoms with Crippen LogP contribution in [0.5, 0.6) is 0 Å². The Kier molecular flexibility index (Phi) is 7.77. The maximum atomic E-state index is 2.36. The average Bonchev–Trinajstić information content (AvgIpc) is 2.87. The first-order valence-electron chi connectivity index (χ1n) is 5.89. The van der Waals surface area contributed by atoms with E-state index in [0.29, 0.717) is 0 Å². The summed E-state index contributed by atoms with van der Waals surface area (Å²) < 4.78 is 3.70. The largest absolute Gasteiger partial charge is 0.269 e. The second-order valence-electron chi connectivity index (χ2n) is 4.05. The van der Waals surface area contributed by atoms with Crippen LogP contribution in [0.3, 0.4) is 0 Å². The van der Waals surface area contributed by atoms with Gasteiger partial charge in [0, 0.05) is 0 Å². The summed E-state index contributed by atoms with van der Waals surface area (Å²) in [5, 5.41) is 0. The Morgan fingerprint density at radius 3 is 1.65 bits per heavy atom. The number of hydrogen-bond acceptors (Lipinski definition) is 0. The van der Waals surface area contributed by atoms with Gasteiger partial charge in [-0.1, -0.05) is 0 Å². The number of hydrogen-bond donors (Lipinski definition) is 0. The minimum Gasteiger partial charge on any atom is -0.269 e. The van der Waals surface area contributed by atoms with Gasteiger partial charge in [0.05, 0.1) is 0 Å². The van der Waals surface area contributed by atoms with Gasteiger partial charge in [-0.25, -0.2) is 0 Å². The summed E-state index contributed by atoms with van der Waals surface area (Å²) in [6.07, 6.45) is 14.4. The molecule has 0 spiro atoms. The molecule has 0 aromatic heterocycles. The molecule has 2 rings (SSSR count). The van der Waals surface area contributed by atoms with E-state index in [1.54, 1.807) is 11.1 Å². The van der Waals surface area contributed by atoms with Crippen molar-refractivity contribution >= 4 is 0 Å². The molecule has 2 aliphatic carbocycles. The molecule has 0 aliphatic heterocycles. The Morgan fingerprint density at radius 2 is 1.29 bits per heavy atom. The standard InChI is InChI=1S/2C7H9.2FH.Hf/c2*1-2-7-5-3-4-6-7;;;/h2*3,5H,2,4H2,1H3;2*1H;. The molecular formula is C14H20F2Hf. The third kappa shape index (κ3) is 3.84. The number of allylic oxidation sites excluding steroid dienone is 8. The molecule has 0 aromatic rings. The van der Waals surface area contributed by atoms with Crippen molar-refractivity contribution in [2.24, 2.45) is 0 Å². The SMILES string of the molecule is CCC1=[C]([Hf][C]2=C(CC)C=CC2)CC=C1.F.F. The van der Waals surface area contributed by atoms with Crippen LogP contribution in [-0.4, -0.2) is 0 Å². The maximum Gasteiger partial charge on any atom is -0.269 e. The number of rotatable bonds is 4. The molecule has 0 heterocycles. The fourth-order valence-corrected chi connectivity index (χ4v) is 8.12. The van der Waals surface area contributed by atoms with Crippen LogP contribution < -0.4 is 0 Å². The Labute approximate surface area is 114 Å². The summed E-state index contributed by atoms with van der Waals surface area (Å²) in [6.45, 7) is 4.58. The van der Waals surface area contributed by atoms with Crippen molar-refractivity contribution in [2.45, 2.75) is 39.5 Å². The van der Waals surface area contributed by atoms with Crippen molar-refractivity contribution in [3.8, 4) is 0 Å². The quantitative estimate of drug-likeness (QED) is 0.600. The Balaban J connectivity index is 0.00000128. The molecule has 0 unspecified atom stereocenters. The van der Waals surface area contributed by atoms with Crippen LogP contribution >= 0.6 is 0 Å². The molecule has 0 nitrogen and oxygen atoms in total. The van der Waals surface area contributed by atoms with E-state index in [-0.39, 0.29) is 9.41 Å². The van der Waals surface area contributed by atoms with Crippen molar-refractivity contribution in [3.05, 3.63) is 42.1 Å². The third-order valence-electron chi connectivity index (χ3n) is 3.12.